The Hall–Kier alpha value is -3.49. The van der Waals surface area contributed by atoms with Crippen molar-refractivity contribution in [3.8, 4) is 11.5 Å². The van der Waals surface area contributed by atoms with Crippen LogP contribution in [0.3, 0.4) is 0 Å². The van der Waals surface area contributed by atoms with Gasteiger partial charge in [-0.15, -0.1) is 0 Å². The van der Waals surface area contributed by atoms with E-state index in [1.54, 1.807) is 12.1 Å². The molecule has 0 unspecified atom stereocenters. The van der Waals surface area contributed by atoms with Crippen molar-refractivity contribution in [2.75, 3.05) is 0 Å². The highest BCUT2D eigenvalue weighted by Gasteiger charge is 2.23. The highest BCUT2D eigenvalue weighted by atomic mass is 16.6. The fourth-order valence-corrected chi connectivity index (χ4v) is 2.29. The van der Waals surface area contributed by atoms with E-state index < -0.39 is 27.0 Å². The molecular weight excluding hydrogens is 342 g/mol. The monoisotopic (exact) mass is 359 g/mol. The molecule has 0 saturated carbocycles. The molecule has 2 N–H and O–H groups in total. The van der Waals surface area contributed by atoms with E-state index in [0.29, 0.717) is 6.07 Å². The summed E-state index contributed by atoms with van der Waals surface area (Å²) in [5, 5.41) is 41.8. The Bertz CT molecular complexity index is 894. The lowest BCUT2D eigenvalue weighted by Crippen LogP contribution is -1.96. The van der Waals surface area contributed by atoms with Gasteiger partial charge in [-0.2, -0.15) is 0 Å². The number of rotatable bonds is 6. The third-order valence-corrected chi connectivity index (χ3v) is 4.04. The van der Waals surface area contributed by atoms with Gasteiger partial charge in [0.05, 0.1) is 15.9 Å². The number of nitro groups is 2. The van der Waals surface area contributed by atoms with Crippen LogP contribution in [0.2, 0.25) is 0 Å². The molecule has 1 atom stereocenters. The molecule has 0 aromatic heterocycles. The molecule has 0 radical (unpaired) electrons. The highest BCUT2D eigenvalue weighted by Crippen LogP contribution is 2.35. The van der Waals surface area contributed by atoms with Crippen LogP contribution in [-0.2, 0) is 0 Å². The maximum atomic E-state index is 11.0. The first kappa shape index (κ1) is 18.8. The first-order valence-corrected chi connectivity index (χ1v) is 7.77. The highest BCUT2D eigenvalue weighted by molar-refractivity contribution is 5.89. The van der Waals surface area contributed by atoms with Gasteiger partial charge in [-0.25, -0.2) is 0 Å². The number of phenols is 2. The van der Waals surface area contributed by atoms with Crippen LogP contribution in [-0.4, -0.2) is 26.3 Å². The average Bonchev–Trinajstić information content (AvgIpc) is 2.60. The smallest absolute Gasteiger partial charge is 0.318 e. The van der Waals surface area contributed by atoms with E-state index in [4.69, 9.17) is 0 Å². The molecule has 2 rings (SSSR count). The van der Waals surface area contributed by atoms with Gasteiger partial charge < -0.3 is 10.2 Å². The largest absolute Gasteiger partial charge is 0.506 e. The van der Waals surface area contributed by atoms with Gasteiger partial charge in [0.2, 0.25) is 5.75 Å². The van der Waals surface area contributed by atoms with E-state index in [9.17, 15) is 30.4 Å². The summed E-state index contributed by atoms with van der Waals surface area (Å²) in [5.41, 5.74) is -0.408. The fraction of sp³-hybridized carbons (Fsp3) is 0.235. The number of nitrogens with zero attached hydrogens (tertiary/aromatic N) is 3. The van der Waals surface area contributed by atoms with Gasteiger partial charge in [-0.05, 0) is 30.0 Å². The van der Waals surface area contributed by atoms with Crippen LogP contribution in [0.4, 0.5) is 17.1 Å². The summed E-state index contributed by atoms with van der Waals surface area (Å²) in [4.78, 5) is 24.2. The van der Waals surface area contributed by atoms with Gasteiger partial charge in [0.25, 0.3) is 5.69 Å². The van der Waals surface area contributed by atoms with Crippen molar-refractivity contribution in [2.24, 2.45) is 4.99 Å². The Morgan fingerprint density at radius 1 is 1.15 bits per heavy atom. The van der Waals surface area contributed by atoms with Crippen LogP contribution in [0.1, 0.15) is 37.3 Å². The van der Waals surface area contributed by atoms with Crippen molar-refractivity contribution >= 4 is 23.3 Å². The van der Waals surface area contributed by atoms with Crippen LogP contribution >= 0.6 is 0 Å². The van der Waals surface area contributed by atoms with Gasteiger partial charge in [-0.1, -0.05) is 19.9 Å². The zero-order valence-corrected chi connectivity index (χ0v) is 14.1. The Morgan fingerprint density at radius 2 is 1.85 bits per heavy atom. The Kier molecular flexibility index (Phi) is 5.51. The number of aliphatic imine (C=N–C) groups is 1. The van der Waals surface area contributed by atoms with Crippen LogP contribution < -0.4 is 0 Å². The average molecular weight is 359 g/mol. The summed E-state index contributed by atoms with van der Waals surface area (Å²) in [6.07, 6.45) is 1.93. The van der Waals surface area contributed by atoms with Crippen molar-refractivity contribution in [1.29, 1.82) is 0 Å². The molecule has 0 amide bonds. The quantitative estimate of drug-likeness (QED) is 0.450. The second-order valence-corrected chi connectivity index (χ2v) is 5.73. The van der Waals surface area contributed by atoms with Crippen LogP contribution in [0.25, 0.3) is 0 Å². The Morgan fingerprint density at radius 3 is 2.42 bits per heavy atom. The van der Waals surface area contributed by atoms with Crippen molar-refractivity contribution < 1.29 is 20.1 Å². The molecular formula is C17H17N3O6. The van der Waals surface area contributed by atoms with Crippen LogP contribution in [0, 0.1) is 20.2 Å². The van der Waals surface area contributed by atoms with E-state index in [-0.39, 0.29) is 22.9 Å². The minimum atomic E-state index is -0.916. The molecule has 0 aliphatic heterocycles. The van der Waals surface area contributed by atoms with E-state index in [0.717, 1.165) is 24.3 Å². The van der Waals surface area contributed by atoms with Crippen molar-refractivity contribution in [3.63, 3.8) is 0 Å². The number of hydrogen-bond acceptors (Lipinski definition) is 7. The van der Waals surface area contributed by atoms with E-state index in [1.807, 2.05) is 13.8 Å². The molecule has 0 aliphatic carbocycles. The molecule has 9 nitrogen and oxygen atoms in total. The second-order valence-electron chi connectivity index (χ2n) is 5.73. The van der Waals surface area contributed by atoms with Crippen molar-refractivity contribution in [3.05, 3.63) is 61.7 Å². The minimum Gasteiger partial charge on any atom is -0.506 e. The van der Waals surface area contributed by atoms with Crippen molar-refractivity contribution in [2.45, 2.75) is 26.2 Å². The lowest BCUT2D eigenvalue weighted by Gasteiger charge is -2.10. The molecule has 136 valence electrons. The SMILES string of the molecule is CC[C@@H](C)c1ccc(O)c(N=Cc2cc([N+](=O)[O-])cc([N+](=O)[O-])c2O)c1. The number of non-ortho nitro benzene ring substituents is 1. The summed E-state index contributed by atoms with van der Waals surface area (Å²) in [5.74, 6) is -0.619. The first-order chi connectivity index (χ1) is 12.2. The standard InChI is InChI=1S/C17H17N3O6/c1-3-10(2)11-4-5-16(21)14(7-11)18-9-12-6-13(19(23)24)8-15(17(12)22)20(25)26/h4-10,21-22H,3H2,1-2H3/t10-/m1/s1. The minimum absolute atomic E-state index is 0.118. The Balaban J connectivity index is 2.51. The number of phenolic OH excluding ortho intramolecular Hbond substituents is 2. The number of aromatic hydroxyl groups is 2. The van der Waals surface area contributed by atoms with Crippen molar-refractivity contribution in [1.82, 2.24) is 0 Å². The van der Waals surface area contributed by atoms with E-state index >= 15 is 0 Å². The number of benzene rings is 2. The predicted molar refractivity (Wildman–Crippen MR) is 95.5 cm³/mol. The number of nitro benzene ring substituents is 2. The summed E-state index contributed by atoms with van der Waals surface area (Å²) in [7, 11) is 0. The van der Waals surface area contributed by atoms with Gasteiger partial charge in [0.15, 0.2) is 0 Å². The summed E-state index contributed by atoms with van der Waals surface area (Å²) in [6, 6.07) is 6.54. The van der Waals surface area contributed by atoms with E-state index in [1.165, 1.54) is 6.07 Å². The molecule has 9 heteroatoms. The van der Waals surface area contributed by atoms with Crippen LogP contribution in [0.15, 0.2) is 35.3 Å². The lowest BCUT2D eigenvalue weighted by molar-refractivity contribution is -0.394. The fourth-order valence-electron chi connectivity index (χ4n) is 2.29. The molecule has 2 aromatic rings. The molecule has 0 fully saturated rings. The zero-order chi connectivity index (χ0) is 19.4. The third-order valence-electron chi connectivity index (χ3n) is 4.04. The third kappa shape index (κ3) is 3.94. The van der Waals surface area contributed by atoms with Crippen LogP contribution in [0.5, 0.6) is 11.5 Å². The number of hydrogen-bond donors (Lipinski definition) is 2. The summed E-state index contributed by atoms with van der Waals surface area (Å²) >= 11 is 0. The topological polar surface area (TPSA) is 139 Å². The first-order valence-electron chi connectivity index (χ1n) is 7.77. The molecule has 0 aliphatic rings. The zero-order valence-electron chi connectivity index (χ0n) is 14.1. The van der Waals surface area contributed by atoms with E-state index in [2.05, 4.69) is 4.99 Å². The van der Waals surface area contributed by atoms with Gasteiger partial charge >= 0.3 is 5.69 Å². The maximum absolute atomic E-state index is 11.0. The summed E-state index contributed by atoms with van der Waals surface area (Å²) < 4.78 is 0. The predicted octanol–water partition coefficient (Wildman–Crippen LogP) is 4.18. The Labute approximate surface area is 148 Å². The normalized spacial score (nSPS) is 12.2. The molecule has 26 heavy (non-hydrogen) atoms. The summed E-state index contributed by atoms with van der Waals surface area (Å²) in [6.45, 7) is 4.02. The van der Waals surface area contributed by atoms with Gasteiger partial charge in [0, 0.05) is 17.8 Å². The van der Waals surface area contributed by atoms with Gasteiger partial charge in [0.1, 0.15) is 11.4 Å². The van der Waals surface area contributed by atoms with Gasteiger partial charge in [-0.3, -0.25) is 25.2 Å². The maximum Gasteiger partial charge on any atom is 0.318 e. The second kappa shape index (κ2) is 7.60. The molecule has 0 spiro atoms. The molecule has 0 bridgehead atoms. The molecule has 0 heterocycles. The molecule has 0 saturated heterocycles. The lowest BCUT2D eigenvalue weighted by atomic mass is 9.98. The molecule has 2 aromatic carbocycles.